The number of hydrogen-bond donors (Lipinski definition) is 1. The van der Waals surface area contributed by atoms with E-state index in [9.17, 15) is 9.59 Å². The zero-order chi connectivity index (χ0) is 15.2. The van der Waals surface area contributed by atoms with Crippen molar-refractivity contribution in [1.82, 2.24) is 0 Å². The van der Waals surface area contributed by atoms with Crippen LogP contribution in [0.2, 0.25) is 0 Å². The maximum Gasteiger partial charge on any atom is 0.306 e. The fourth-order valence-corrected chi connectivity index (χ4v) is 2.11. The van der Waals surface area contributed by atoms with Crippen LogP contribution < -0.4 is 14.8 Å². The van der Waals surface area contributed by atoms with Crippen LogP contribution in [0.4, 0.5) is 5.69 Å². The van der Waals surface area contributed by atoms with Crippen molar-refractivity contribution in [3.8, 4) is 11.5 Å². The van der Waals surface area contributed by atoms with Gasteiger partial charge in [0.15, 0.2) is 11.5 Å². The Kier molecular flexibility index (Phi) is 5.03. The molecule has 1 N–H and O–H groups in total. The predicted octanol–water partition coefficient (Wildman–Crippen LogP) is 2.26. The Morgan fingerprint density at radius 2 is 1.95 bits per heavy atom. The SMILES string of the molecule is CCCc1cc2c(cc1NC(=O)CCC(=O)OC)OCO2. The van der Waals surface area contributed by atoms with Crippen molar-refractivity contribution in [2.75, 3.05) is 19.2 Å². The van der Waals surface area contributed by atoms with E-state index in [0.717, 1.165) is 18.4 Å². The first-order chi connectivity index (χ1) is 10.1. The molecule has 0 bridgehead atoms. The van der Waals surface area contributed by atoms with Gasteiger partial charge < -0.3 is 19.5 Å². The highest BCUT2D eigenvalue weighted by atomic mass is 16.7. The number of hydrogen-bond acceptors (Lipinski definition) is 5. The molecule has 0 atom stereocenters. The molecule has 0 fully saturated rings. The number of fused-ring (bicyclic) bond motifs is 1. The van der Waals surface area contributed by atoms with Crippen LogP contribution in [0.5, 0.6) is 11.5 Å². The van der Waals surface area contributed by atoms with Gasteiger partial charge in [0.05, 0.1) is 13.5 Å². The van der Waals surface area contributed by atoms with Crippen LogP contribution in [0, 0.1) is 0 Å². The second-order valence-corrected chi connectivity index (χ2v) is 4.74. The molecule has 1 heterocycles. The summed E-state index contributed by atoms with van der Waals surface area (Å²) in [6.45, 7) is 2.26. The van der Waals surface area contributed by atoms with Crippen molar-refractivity contribution in [1.29, 1.82) is 0 Å². The molecule has 0 aliphatic carbocycles. The van der Waals surface area contributed by atoms with Crippen molar-refractivity contribution in [3.05, 3.63) is 17.7 Å². The van der Waals surface area contributed by atoms with Crippen LogP contribution in [0.1, 0.15) is 31.7 Å². The maximum atomic E-state index is 11.9. The number of rotatable bonds is 6. The molecule has 6 heteroatoms. The van der Waals surface area contributed by atoms with Gasteiger partial charge in [0.25, 0.3) is 0 Å². The molecule has 0 aromatic heterocycles. The standard InChI is InChI=1S/C15H19NO5/c1-3-4-10-7-12-13(21-9-20-12)8-11(10)16-14(17)5-6-15(18)19-2/h7-8H,3-6,9H2,1-2H3,(H,16,17). The first kappa shape index (κ1) is 15.2. The number of methoxy groups -OCH3 is 1. The van der Waals surface area contributed by atoms with Gasteiger partial charge in [0.2, 0.25) is 12.7 Å². The van der Waals surface area contributed by atoms with Crippen LogP contribution in [-0.2, 0) is 20.7 Å². The molecule has 1 aliphatic heterocycles. The summed E-state index contributed by atoms with van der Waals surface area (Å²) in [6.07, 6.45) is 1.93. The van der Waals surface area contributed by atoms with Gasteiger partial charge >= 0.3 is 5.97 Å². The number of amides is 1. The van der Waals surface area contributed by atoms with E-state index >= 15 is 0 Å². The molecule has 6 nitrogen and oxygen atoms in total. The molecule has 0 spiro atoms. The highest BCUT2D eigenvalue weighted by molar-refractivity contribution is 5.93. The minimum Gasteiger partial charge on any atom is -0.469 e. The van der Waals surface area contributed by atoms with E-state index in [4.69, 9.17) is 9.47 Å². The lowest BCUT2D eigenvalue weighted by atomic mass is 10.1. The van der Waals surface area contributed by atoms with Crippen LogP contribution in [-0.4, -0.2) is 25.8 Å². The average molecular weight is 293 g/mol. The normalized spacial score (nSPS) is 12.1. The van der Waals surface area contributed by atoms with Crippen LogP contribution in [0.3, 0.4) is 0 Å². The highest BCUT2D eigenvalue weighted by Gasteiger charge is 2.18. The topological polar surface area (TPSA) is 73.9 Å². The quantitative estimate of drug-likeness (QED) is 0.814. The number of anilines is 1. The number of nitrogens with one attached hydrogen (secondary N) is 1. The third-order valence-electron chi connectivity index (χ3n) is 3.18. The van der Waals surface area contributed by atoms with Gasteiger partial charge in [-0.3, -0.25) is 9.59 Å². The summed E-state index contributed by atoms with van der Waals surface area (Å²) >= 11 is 0. The average Bonchev–Trinajstić information content (AvgIpc) is 2.92. The number of benzene rings is 1. The molecule has 1 aliphatic rings. The molecule has 1 aromatic rings. The first-order valence-electron chi connectivity index (χ1n) is 6.93. The molecular weight excluding hydrogens is 274 g/mol. The Hall–Kier alpha value is -2.24. The third-order valence-corrected chi connectivity index (χ3v) is 3.18. The maximum absolute atomic E-state index is 11.9. The van der Waals surface area contributed by atoms with Crippen molar-refractivity contribution < 1.29 is 23.8 Å². The van der Waals surface area contributed by atoms with Gasteiger partial charge in [0.1, 0.15) is 0 Å². The smallest absolute Gasteiger partial charge is 0.306 e. The summed E-state index contributed by atoms with van der Waals surface area (Å²) in [5.74, 6) is 0.699. The number of esters is 1. The first-order valence-corrected chi connectivity index (χ1v) is 6.93. The van der Waals surface area contributed by atoms with Crippen LogP contribution in [0.25, 0.3) is 0 Å². The number of carbonyl (C=O) groups is 2. The van der Waals surface area contributed by atoms with Crippen molar-refractivity contribution in [3.63, 3.8) is 0 Å². The van der Waals surface area contributed by atoms with E-state index in [1.807, 2.05) is 6.07 Å². The van der Waals surface area contributed by atoms with Gasteiger partial charge in [0, 0.05) is 18.2 Å². The lowest BCUT2D eigenvalue weighted by Crippen LogP contribution is -2.15. The molecule has 1 amide bonds. The second-order valence-electron chi connectivity index (χ2n) is 4.74. The lowest BCUT2D eigenvalue weighted by Gasteiger charge is -2.12. The van der Waals surface area contributed by atoms with Crippen molar-refractivity contribution in [2.45, 2.75) is 32.6 Å². The molecule has 1 aromatic carbocycles. The molecule has 2 rings (SSSR count). The van der Waals surface area contributed by atoms with Crippen LogP contribution >= 0.6 is 0 Å². The zero-order valence-electron chi connectivity index (χ0n) is 12.2. The molecule has 114 valence electrons. The molecule has 0 saturated carbocycles. The molecule has 21 heavy (non-hydrogen) atoms. The zero-order valence-corrected chi connectivity index (χ0v) is 12.2. The molecule has 0 saturated heterocycles. The summed E-state index contributed by atoms with van der Waals surface area (Å²) in [4.78, 5) is 23.0. The van der Waals surface area contributed by atoms with E-state index in [0.29, 0.717) is 17.2 Å². The Morgan fingerprint density at radius 1 is 1.24 bits per heavy atom. The largest absolute Gasteiger partial charge is 0.469 e. The van der Waals surface area contributed by atoms with Gasteiger partial charge in [-0.25, -0.2) is 0 Å². The highest BCUT2D eigenvalue weighted by Crippen LogP contribution is 2.37. The number of ether oxygens (including phenoxy) is 3. The number of carbonyl (C=O) groups excluding carboxylic acids is 2. The van der Waals surface area contributed by atoms with Gasteiger partial charge in [-0.05, 0) is 18.1 Å². The summed E-state index contributed by atoms with van der Waals surface area (Å²) in [7, 11) is 1.30. The monoisotopic (exact) mass is 293 g/mol. The van der Waals surface area contributed by atoms with Gasteiger partial charge in [-0.15, -0.1) is 0 Å². The Labute approximate surface area is 123 Å². The van der Waals surface area contributed by atoms with Crippen molar-refractivity contribution in [2.24, 2.45) is 0 Å². The summed E-state index contributed by atoms with van der Waals surface area (Å²) in [5, 5.41) is 2.82. The summed E-state index contributed by atoms with van der Waals surface area (Å²) in [5.41, 5.74) is 1.70. The van der Waals surface area contributed by atoms with Gasteiger partial charge in [-0.1, -0.05) is 13.3 Å². The Balaban J connectivity index is 2.07. The predicted molar refractivity (Wildman–Crippen MR) is 76.4 cm³/mol. The minimum absolute atomic E-state index is 0.0655. The fraction of sp³-hybridized carbons (Fsp3) is 0.467. The van der Waals surface area contributed by atoms with E-state index in [2.05, 4.69) is 17.0 Å². The van der Waals surface area contributed by atoms with E-state index in [1.165, 1.54) is 7.11 Å². The van der Waals surface area contributed by atoms with Gasteiger partial charge in [-0.2, -0.15) is 0 Å². The Bertz CT molecular complexity index is 541. The molecular formula is C15H19NO5. The van der Waals surface area contributed by atoms with Crippen LogP contribution in [0.15, 0.2) is 12.1 Å². The molecule has 0 radical (unpaired) electrons. The van der Waals surface area contributed by atoms with E-state index in [1.54, 1.807) is 6.07 Å². The summed E-state index contributed by atoms with van der Waals surface area (Å²) < 4.78 is 15.2. The number of aryl methyl sites for hydroxylation is 1. The van der Waals surface area contributed by atoms with Crippen molar-refractivity contribution >= 4 is 17.6 Å². The second kappa shape index (κ2) is 6.97. The Morgan fingerprint density at radius 3 is 2.62 bits per heavy atom. The lowest BCUT2D eigenvalue weighted by molar-refractivity contribution is -0.141. The minimum atomic E-state index is -0.399. The van der Waals surface area contributed by atoms with E-state index in [-0.39, 0.29) is 25.5 Å². The molecule has 0 unspecified atom stereocenters. The fourth-order valence-electron chi connectivity index (χ4n) is 2.11. The third kappa shape index (κ3) is 3.87. The summed E-state index contributed by atoms with van der Waals surface area (Å²) in [6, 6.07) is 3.66. The van der Waals surface area contributed by atoms with E-state index < -0.39 is 5.97 Å².